The summed E-state index contributed by atoms with van der Waals surface area (Å²) in [7, 11) is 1.59. The van der Waals surface area contributed by atoms with Crippen LogP contribution >= 0.6 is 23.2 Å². The average Bonchev–Trinajstić information content (AvgIpc) is 2.47. The van der Waals surface area contributed by atoms with E-state index < -0.39 is 0 Å². The van der Waals surface area contributed by atoms with Crippen LogP contribution < -0.4 is 0 Å². The van der Waals surface area contributed by atoms with Crippen LogP contribution in [0.2, 0.25) is 10.0 Å². The molecule has 1 rings (SSSR count). The van der Waals surface area contributed by atoms with Gasteiger partial charge in [-0.1, -0.05) is 29.3 Å². The van der Waals surface area contributed by atoms with Crippen LogP contribution in [0.5, 0.6) is 0 Å². The van der Waals surface area contributed by atoms with Crippen LogP contribution in [-0.4, -0.2) is 48.3 Å². The highest BCUT2D eigenvalue weighted by Crippen LogP contribution is 2.25. The van der Waals surface area contributed by atoms with E-state index in [0.29, 0.717) is 28.7 Å². The number of carbonyl (C=O) groups excluding carboxylic acids is 2. The first-order chi connectivity index (χ1) is 10.4. The third-order valence-corrected chi connectivity index (χ3v) is 3.92. The number of rotatable bonds is 6. The second-order valence-corrected chi connectivity index (χ2v) is 5.54. The van der Waals surface area contributed by atoms with E-state index in [1.807, 2.05) is 13.8 Å². The van der Waals surface area contributed by atoms with Crippen molar-refractivity contribution in [1.82, 2.24) is 9.80 Å². The van der Waals surface area contributed by atoms with Crippen LogP contribution in [0.3, 0.4) is 0 Å². The van der Waals surface area contributed by atoms with E-state index in [0.717, 1.165) is 0 Å². The van der Waals surface area contributed by atoms with Crippen LogP contribution in [0.4, 0.5) is 0 Å². The minimum atomic E-state index is -0.281. The number of nitrogens with zero attached hydrogens (tertiary/aromatic N) is 2. The maximum absolute atomic E-state index is 12.1. The van der Waals surface area contributed by atoms with Crippen molar-refractivity contribution in [3.63, 3.8) is 0 Å². The Hall–Kier alpha value is -1.52. The van der Waals surface area contributed by atoms with E-state index in [1.54, 1.807) is 36.2 Å². The molecule has 0 heterocycles. The molecule has 0 bridgehead atoms. The van der Waals surface area contributed by atoms with Crippen molar-refractivity contribution in [3.8, 4) is 0 Å². The molecule has 0 fully saturated rings. The lowest BCUT2D eigenvalue weighted by molar-refractivity contribution is -0.136. The Kier molecular flexibility index (Phi) is 7.42. The van der Waals surface area contributed by atoms with E-state index >= 15 is 0 Å². The normalized spacial score (nSPS) is 10.8. The summed E-state index contributed by atoms with van der Waals surface area (Å²) in [4.78, 5) is 27.1. The van der Waals surface area contributed by atoms with Crippen molar-refractivity contribution in [1.29, 1.82) is 0 Å². The molecular formula is C16H20Cl2N2O2. The fourth-order valence-electron chi connectivity index (χ4n) is 1.91. The van der Waals surface area contributed by atoms with Gasteiger partial charge in [-0.3, -0.25) is 9.59 Å². The molecule has 22 heavy (non-hydrogen) atoms. The molecule has 0 aliphatic rings. The van der Waals surface area contributed by atoms with E-state index in [2.05, 4.69) is 0 Å². The van der Waals surface area contributed by atoms with Crippen molar-refractivity contribution in [3.05, 3.63) is 39.9 Å². The predicted molar refractivity (Wildman–Crippen MR) is 91.1 cm³/mol. The van der Waals surface area contributed by atoms with Crippen LogP contribution in [0.25, 0.3) is 6.08 Å². The van der Waals surface area contributed by atoms with Crippen LogP contribution in [0, 0.1) is 0 Å². The Labute approximate surface area is 141 Å². The van der Waals surface area contributed by atoms with Crippen molar-refractivity contribution in [2.75, 3.05) is 26.7 Å². The number of carbonyl (C=O) groups is 2. The molecule has 1 aromatic rings. The standard InChI is InChI=1S/C16H20Cl2N2O2/c1-4-20(5-2)16(22)11-19(3)15(21)10-9-12-13(17)7-6-8-14(12)18/h6-10H,4-5,11H2,1-3H3/b10-9+. The fourth-order valence-corrected chi connectivity index (χ4v) is 2.43. The molecular weight excluding hydrogens is 323 g/mol. The number of hydrogen-bond donors (Lipinski definition) is 0. The minimum Gasteiger partial charge on any atom is -0.342 e. The first kappa shape index (κ1) is 18.5. The second kappa shape index (κ2) is 8.81. The number of halogens is 2. The molecule has 0 saturated heterocycles. The molecule has 120 valence electrons. The number of benzene rings is 1. The summed E-state index contributed by atoms with van der Waals surface area (Å²) in [6, 6.07) is 5.13. The maximum atomic E-state index is 12.1. The molecule has 2 amide bonds. The van der Waals surface area contributed by atoms with Gasteiger partial charge in [-0.15, -0.1) is 0 Å². The summed E-state index contributed by atoms with van der Waals surface area (Å²) in [5.74, 6) is -0.360. The van der Waals surface area contributed by atoms with Crippen molar-refractivity contribution < 1.29 is 9.59 Å². The van der Waals surface area contributed by atoms with Gasteiger partial charge in [0.05, 0.1) is 6.54 Å². The monoisotopic (exact) mass is 342 g/mol. The van der Waals surface area contributed by atoms with Gasteiger partial charge < -0.3 is 9.80 Å². The first-order valence-corrected chi connectivity index (χ1v) is 7.81. The predicted octanol–water partition coefficient (Wildman–Crippen LogP) is 3.33. The minimum absolute atomic E-state index is 0.0428. The highest BCUT2D eigenvalue weighted by atomic mass is 35.5. The van der Waals surface area contributed by atoms with Gasteiger partial charge in [-0.05, 0) is 32.1 Å². The summed E-state index contributed by atoms with van der Waals surface area (Å²) >= 11 is 12.1. The molecule has 1 aromatic carbocycles. The molecule has 0 radical (unpaired) electrons. The Morgan fingerprint density at radius 2 is 1.68 bits per heavy atom. The van der Waals surface area contributed by atoms with E-state index in [9.17, 15) is 9.59 Å². The van der Waals surface area contributed by atoms with E-state index in [4.69, 9.17) is 23.2 Å². The second-order valence-electron chi connectivity index (χ2n) is 4.73. The molecule has 0 spiro atoms. The summed E-state index contributed by atoms with van der Waals surface area (Å²) < 4.78 is 0. The van der Waals surface area contributed by atoms with Crippen LogP contribution in [-0.2, 0) is 9.59 Å². The summed E-state index contributed by atoms with van der Waals surface area (Å²) in [5, 5.41) is 0.942. The molecule has 0 unspecified atom stereocenters. The van der Waals surface area contributed by atoms with Gasteiger partial charge in [0.2, 0.25) is 11.8 Å². The van der Waals surface area contributed by atoms with Gasteiger partial charge in [0, 0.05) is 41.8 Å². The Morgan fingerprint density at radius 3 is 2.18 bits per heavy atom. The lowest BCUT2D eigenvalue weighted by atomic mass is 10.2. The number of likely N-dealkylation sites (N-methyl/N-ethyl adjacent to an activating group) is 2. The Balaban J connectivity index is 2.72. The molecule has 4 nitrogen and oxygen atoms in total. The van der Waals surface area contributed by atoms with Crippen molar-refractivity contribution >= 4 is 41.1 Å². The molecule has 6 heteroatoms. The molecule has 0 aromatic heterocycles. The SMILES string of the molecule is CCN(CC)C(=O)CN(C)C(=O)/C=C/c1c(Cl)cccc1Cl. The summed E-state index contributed by atoms with van der Waals surface area (Å²) in [5.41, 5.74) is 0.586. The van der Waals surface area contributed by atoms with Crippen LogP contribution in [0.15, 0.2) is 24.3 Å². The zero-order chi connectivity index (χ0) is 16.7. The highest BCUT2D eigenvalue weighted by Gasteiger charge is 2.15. The van der Waals surface area contributed by atoms with Gasteiger partial charge in [0.25, 0.3) is 0 Å². The molecule has 0 saturated carbocycles. The lowest BCUT2D eigenvalue weighted by Gasteiger charge is -2.22. The maximum Gasteiger partial charge on any atom is 0.246 e. The van der Waals surface area contributed by atoms with Crippen molar-refractivity contribution in [2.24, 2.45) is 0 Å². The Morgan fingerprint density at radius 1 is 1.14 bits per heavy atom. The van der Waals surface area contributed by atoms with E-state index in [-0.39, 0.29) is 18.4 Å². The van der Waals surface area contributed by atoms with Crippen LogP contribution in [0.1, 0.15) is 19.4 Å². The van der Waals surface area contributed by atoms with Gasteiger partial charge in [-0.2, -0.15) is 0 Å². The zero-order valence-corrected chi connectivity index (χ0v) is 14.5. The topological polar surface area (TPSA) is 40.6 Å². The Bertz CT molecular complexity index is 549. The molecule has 0 aliphatic carbocycles. The van der Waals surface area contributed by atoms with Gasteiger partial charge in [-0.25, -0.2) is 0 Å². The smallest absolute Gasteiger partial charge is 0.246 e. The first-order valence-electron chi connectivity index (χ1n) is 7.05. The summed E-state index contributed by atoms with van der Waals surface area (Å²) in [6.45, 7) is 5.11. The third-order valence-electron chi connectivity index (χ3n) is 3.26. The number of amides is 2. The lowest BCUT2D eigenvalue weighted by Crippen LogP contribution is -2.40. The van der Waals surface area contributed by atoms with Gasteiger partial charge in [0.15, 0.2) is 0 Å². The number of hydrogen-bond acceptors (Lipinski definition) is 2. The van der Waals surface area contributed by atoms with Gasteiger partial charge >= 0.3 is 0 Å². The third kappa shape index (κ3) is 5.04. The molecule has 0 atom stereocenters. The molecule has 0 aliphatic heterocycles. The fraction of sp³-hybridized carbons (Fsp3) is 0.375. The quantitative estimate of drug-likeness (QED) is 0.744. The van der Waals surface area contributed by atoms with E-state index in [1.165, 1.54) is 11.0 Å². The summed E-state index contributed by atoms with van der Waals surface area (Å²) in [6.07, 6.45) is 2.92. The highest BCUT2D eigenvalue weighted by molar-refractivity contribution is 6.37. The molecule has 0 N–H and O–H groups in total. The largest absolute Gasteiger partial charge is 0.342 e. The average molecular weight is 343 g/mol. The van der Waals surface area contributed by atoms with Gasteiger partial charge in [0.1, 0.15) is 0 Å². The zero-order valence-electron chi connectivity index (χ0n) is 13.0. The van der Waals surface area contributed by atoms with Crippen molar-refractivity contribution in [2.45, 2.75) is 13.8 Å².